The molecule has 0 unspecified atom stereocenters. The minimum Gasteiger partial charge on any atom is -0.259 e. The average Bonchev–Trinajstić information content (AvgIpc) is 3.16. The summed E-state index contributed by atoms with van der Waals surface area (Å²) >= 11 is 6.30. The summed E-state index contributed by atoms with van der Waals surface area (Å²) in [5.41, 5.74) is 3.92. The van der Waals surface area contributed by atoms with Crippen molar-refractivity contribution >= 4 is 40.4 Å². The molecule has 0 aliphatic heterocycles. The largest absolute Gasteiger partial charge is 0.259 e. The van der Waals surface area contributed by atoms with Crippen molar-refractivity contribution in [2.45, 2.75) is 0 Å². The molecule has 2 heterocycles. The highest BCUT2D eigenvalue weighted by molar-refractivity contribution is 6.31. The summed E-state index contributed by atoms with van der Waals surface area (Å²) in [6, 6.07) is 26.0. The van der Waals surface area contributed by atoms with Crippen molar-refractivity contribution in [3.8, 4) is 11.3 Å². The normalized spacial score (nSPS) is 11.6. The summed E-state index contributed by atoms with van der Waals surface area (Å²) in [6.45, 7) is 0. The van der Waals surface area contributed by atoms with E-state index >= 15 is 0 Å². The van der Waals surface area contributed by atoms with E-state index in [-0.39, 0.29) is 0 Å². The molecule has 0 saturated carbocycles. The molecule has 0 N–H and O–H groups in total. The maximum atomic E-state index is 6.30. The van der Waals surface area contributed by atoms with Gasteiger partial charge in [-0.15, -0.1) is 10.2 Å². The highest BCUT2D eigenvalue weighted by Gasteiger charge is 2.14. The SMILES string of the molecule is Clc1ccc2c(c1)c(-c1ccccc1)nc1nnc(/C=C/c3ccccc3)n12. The molecule has 134 valence electrons. The molecule has 0 aliphatic carbocycles. The first-order chi connectivity index (χ1) is 13.8. The molecule has 0 aliphatic rings. The molecule has 0 bridgehead atoms. The predicted octanol–water partition coefficient (Wildman–Crippen LogP) is 5.77. The van der Waals surface area contributed by atoms with Gasteiger partial charge in [0, 0.05) is 16.0 Å². The first-order valence-electron chi connectivity index (χ1n) is 8.92. The third-order valence-electron chi connectivity index (χ3n) is 4.61. The molecule has 0 saturated heterocycles. The summed E-state index contributed by atoms with van der Waals surface area (Å²) in [4.78, 5) is 4.79. The zero-order valence-electron chi connectivity index (χ0n) is 14.8. The van der Waals surface area contributed by atoms with E-state index in [0.717, 1.165) is 33.5 Å². The van der Waals surface area contributed by atoms with Crippen LogP contribution in [0.25, 0.3) is 40.1 Å². The van der Waals surface area contributed by atoms with Gasteiger partial charge in [0.25, 0.3) is 5.78 Å². The third kappa shape index (κ3) is 2.94. The first-order valence-corrected chi connectivity index (χ1v) is 9.30. The van der Waals surface area contributed by atoms with Crippen LogP contribution in [0.2, 0.25) is 5.02 Å². The van der Waals surface area contributed by atoms with Gasteiger partial charge < -0.3 is 0 Å². The minimum atomic E-state index is 0.557. The van der Waals surface area contributed by atoms with Gasteiger partial charge >= 0.3 is 0 Å². The fraction of sp³-hybridized carbons (Fsp3) is 0. The Balaban J connectivity index is 1.75. The molecule has 0 atom stereocenters. The highest BCUT2D eigenvalue weighted by Crippen LogP contribution is 2.30. The van der Waals surface area contributed by atoms with Crippen molar-refractivity contribution in [3.05, 3.63) is 95.3 Å². The Morgan fingerprint density at radius 1 is 0.786 bits per heavy atom. The average molecular weight is 383 g/mol. The fourth-order valence-electron chi connectivity index (χ4n) is 3.30. The second-order valence-corrected chi connectivity index (χ2v) is 6.86. The van der Waals surface area contributed by atoms with Crippen LogP contribution in [-0.2, 0) is 0 Å². The Morgan fingerprint density at radius 2 is 1.54 bits per heavy atom. The summed E-state index contributed by atoms with van der Waals surface area (Å²) < 4.78 is 1.96. The van der Waals surface area contributed by atoms with Crippen LogP contribution in [0.1, 0.15) is 11.4 Å². The van der Waals surface area contributed by atoms with Crippen molar-refractivity contribution in [2.24, 2.45) is 0 Å². The summed E-state index contributed by atoms with van der Waals surface area (Å²) in [5, 5.41) is 10.3. The van der Waals surface area contributed by atoms with Crippen LogP contribution >= 0.6 is 11.6 Å². The lowest BCUT2D eigenvalue weighted by Crippen LogP contribution is -1.97. The molecule has 0 radical (unpaired) electrons. The molecule has 0 fully saturated rings. The van der Waals surface area contributed by atoms with Crippen molar-refractivity contribution in [1.82, 2.24) is 19.6 Å². The van der Waals surface area contributed by atoms with E-state index in [9.17, 15) is 0 Å². The van der Waals surface area contributed by atoms with E-state index in [2.05, 4.69) is 10.2 Å². The van der Waals surface area contributed by atoms with Gasteiger partial charge in [-0.25, -0.2) is 4.98 Å². The Kier molecular flexibility index (Phi) is 4.11. The summed E-state index contributed by atoms with van der Waals surface area (Å²) in [6.07, 6.45) is 3.97. The van der Waals surface area contributed by atoms with Crippen molar-refractivity contribution in [2.75, 3.05) is 0 Å². The standard InChI is InChI=1S/C23H15ClN4/c24-18-12-13-20-19(15-18)22(17-9-5-2-6-10-17)25-23-27-26-21(28(20)23)14-11-16-7-3-1-4-8-16/h1-15H/b14-11+. The van der Waals surface area contributed by atoms with E-state index in [1.165, 1.54) is 0 Å². The van der Waals surface area contributed by atoms with Crippen LogP contribution in [0.4, 0.5) is 0 Å². The van der Waals surface area contributed by atoms with Crippen molar-refractivity contribution in [3.63, 3.8) is 0 Å². The zero-order chi connectivity index (χ0) is 18.9. The van der Waals surface area contributed by atoms with E-state index in [0.29, 0.717) is 10.8 Å². The van der Waals surface area contributed by atoms with E-state index < -0.39 is 0 Å². The van der Waals surface area contributed by atoms with Crippen LogP contribution < -0.4 is 0 Å². The Labute approximate surface area is 166 Å². The molecule has 0 spiro atoms. The molecule has 3 aromatic carbocycles. The lowest BCUT2D eigenvalue weighted by molar-refractivity contribution is 1.08. The van der Waals surface area contributed by atoms with Crippen molar-refractivity contribution < 1.29 is 0 Å². The minimum absolute atomic E-state index is 0.557. The van der Waals surface area contributed by atoms with Gasteiger partial charge in [-0.3, -0.25) is 4.40 Å². The Hall–Kier alpha value is -3.50. The van der Waals surface area contributed by atoms with Crippen LogP contribution in [0.5, 0.6) is 0 Å². The van der Waals surface area contributed by atoms with Gasteiger partial charge in [-0.05, 0) is 29.8 Å². The Morgan fingerprint density at radius 3 is 2.32 bits per heavy atom. The molecule has 28 heavy (non-hydrogen) atoms. The molecule has 5 rings (SSSR count). The number of rotatable bonds is 3. The summed E-state index contributed by atoms with van der Waals surface area (Å²) in [7, 11) is 0. The van der Waals surface area contributed by atoms with E-state index in [1.54, 1.807) is 0 Å². The van der Waals surface area contributed by atoms with Gasteiger partial charge in [-0.2, -0.15) is 0 Å². The van der Waals surface area contributed by atoms with Gasteiger partial charge in [0.05, 0.1) is 11.2 Å². The number of nitrogens with zero attached hydrogens (tertiary/aromatic N) is 4. The quantitative estimate of drug-likeness (QED) is 0.398. The molecule has 5 aromatic rings. The van der Waals surface area contributed by atoms with Crippen LogP contribution in [0.15, 0.2) is 78.9 Å². The van der Waals surface area contributed by atoms with Crippen molar-refractivity contribution in [1.29, 1.82) is 0 Å². The molecular weight excluding hydrogens is 368 g/mol. The number of aromatic nitrogens is 4. The zero-order valence-corrected chi connectivity index (χ0v) is 15.6. The maximum Gasteiger partial charge on any atom is 0.256 e. The molecule has 5 heteroatoms. The van der Waals surface area contributed by atoms with E-state index in [1.807, 2.05) is 95.4 Å². The van der Waals surface area contributed by atoms with Gasteiger partial charge in [0.1, 0.15) is 0 Å². The maximum absolute atomic E-state index is 6.30. The third-order valence-corrected chi connectivity index (χ3v) is 4.84. The van der Waals surface area contributed by atoms with Gasteiger partial charge in [0.2, 0.25) is 0 Å². The molecule has 2 aromatic heterocycles. The van der Waals surface area contributed by atoms with E-state index in [4.69, 9.17) is 16.6 Å². The van der Waals surface area contributed by atoms with Crippen LogP contribution in [0, 0.1) is 0 Å². The van der Waals surface area contributed by atoms with Gasteiger partial charge in [-0.1, -0.05) is 78.3 Å². The lowest BCUT2D eigenvalue weighted by Gasteiger charge is -2.09. The smallest absolute Gasteiger partial charge is 0.256 e. The second-order valence-electron chi connectivity index (χ2n) is 6.43. The number of fused-ring (bicyclic) bond motifs is 3. The Bertz CT molecular complexity index is 1310. The fourth-order valence-corrected chi connectivity index (χ4v) is 3.48. The molecule has 0 amide bonds. The second kappa shape index (κ2) is 6.91. The predicted molar refractivity (Wildman–Crippen MR) is 114 cm³/mol. The highest BCUT2D eigenvalue weighted by atomic mass is 35.5. The summed E-state index contributed by atoms with van der Waals surface area (Å²) in [5.74, 6) is 1.28. The number of hydrogen-bond donors (Lipinski definition) is 0. The lowest BCUT2D eigenvalue weighted by atomic mass is 10.1. The van der Waals surface area contributed by atoms with Gasteiger partial charge in [0.15, 0.2) is 5.82 Å². The van der Waals surface area contributed by atoms with Crippen LogP contribution in [-0.4, -0.2) is 19.6 Å². The number of hydrogen-bond acceptors (Lipinski definition) is 3. The molecular formula is C23H15ClN4. The first kappa shape index (κ1) is 16.7. The number of benzene rings is 3. The molecule has 4 nitrogen and oxygen atoms in total. The topological polar surface area (TPSA) is 43.1 Å². The monoisotopic (exact) mass is 382 g/mol. The number of halogens is 1. The van der Waals surface area contributed by atoms with Crippen LogP contribution in [0.3, 0.4) is 0 Å².